The molecule has 1 N–H and O–H groups in total. The van der Waals surface area contributed by atoms with E-state index in [2.05, 4.69) is 58.1 Å². The molecule has 0 saturated carbocycles. The minimum Gasteiger partial charge on any atom is -0.478 e. The van der Waals surface area contributed by atoms with E-state index in [1.54, 1.807) is 0 Å². The second kappa shape index (κ2) is 11.8. The van der Waals surface area contributed by atoms with Gasteiger partial charge in [-0.05, 0) is 60.3 Å². The first kappa shape index (κ1) is 20.2. The molecule has 0 saturated heterocycles. The van der Waals surface area contributed by atoms with Gasteiger partial charge in [0, 0.05) is 6.08 Å². The summed E-state index contributed by atoms with van der Waals surface area (Å²) in [5.74, 6) is -0.869. The van der Waals surface area contributed by atoms with Crippen LogP contribution in [0.25, 0.3) is 0 Å². The highest BCUT2D eigenvalue weighted by Crippen LogP contribution is 2.09. The van der Waals surface area contributed by atoms with E-state index < -0.39 is 5.97 Å². The molecule has 0 aromatic heterocycles. The molecule has 0 bridgehead atoms. The van der Waals surface area contributed by atoms with Crippen molar-refractivity contribution < 1.29 is 9.90 Å². The van der Waals surface area contributed by atoms with Crippen LogP contribution in [0.15, 0.2) is 58.7 Å². The molecule has 0 radical (unpaired) electrons. The molecule has 0 aliphatic heterocycles. The predicted molar refractivity (Wildman–Crippen MR) is 95.9 cm³/mol. The van der Waals surface area contributed by atoms with Crippen molar-refractivity contribution in [2.75, 3.05) is 0 Å². The predicted octanol–water partition coefficient (Wildman–Crippen LogP) is 5.99. The van der Waals surface area contributed by atoms with Gasteiger partial charge in [0.15, 0.2) is 0 Å². The molecular weight excluding hydrogens is 272 g/mol. The molecule has 22 heavy (non-hydrogen) atoms. The largest absolute Gasteiger partial charge is 0.478 e. The summed E-state index contributed by atoms with van der Waals surface area (Å²) in [4.78, 5) is 10.5. The Morgan fingerprint density at radius 3 is 2.09 bits per heavy atom. The summed E-state index contributed by atoms with van der Waals surface area (Å²) in [6.07, 6.45) is 15.9. The van der Waals surface area contributed by atoms with E-state index in [9.17, 15) is 4.79 Å². The first-order valence-corrected chi connectivity index (χ1v) is 7.85. The topological polar surface area (TPSA) is 37.3 Å². The van der Waals surface area contributed by atoms with E-state index >= 15 is 0 Å². The van der Waals surface area contributed by atoms with Crippen molar-refractivity contribution >= 4 is 5.97 Å². The highest BCUT2D eigenvalue weighted by atomic mass is 16.4. The Bertz CT molecular complexity index is 496. The van der Waals surface area contributed by atoms with Crippen LogP contribution in [0.2, 0.25) is 0 Å². The SMILES string of the molecule is CC(C)=CCC/C(C)=C/C=C/C(C)=C/CC/C(C)=C/C(=O)O. The first-order chi connectivity index (χ1) is 10.3. The highest BCUT2D eigenvalue weighted by molar-refractivity contribution is 5.80. The summed E-state index contributed by atoms with van der Waals surface area (Å²) in [6, 6.07) is 0. The molecule has 0 rings (SSSR count). The van der Waals surface area contributed by atoms with Crippen LogP contribution in [-0.4, -0.2) is 11.1 Å². The fraction of sp³-hybridized carbons (Fsp3) is 0.450. The maximum Gasteiger partial charge on any atom is 0.328 e. The summed E-state index contributed by atoms with van der Waals surface area (Å²) in [7, 11) is 0. The number of carboxylic acids is 1. The maximum absolute atomic E-state index is 10.5. The van der Waals surface area contributed by atoms with Gasteiger partial charge < -0.3 is 5.11 Å². The quantitative estimate of drug-likeness (QED) is 0.322. The van der Waals surface area contributed by atoms with Crippen LogP contribution < -0.4 is 0 Å². The van der Waals surface area contributed by atoms with Crippen LogP contribution in [0.1, 0.15) is 60.3 Å². The van der Waals surface area contributed by atoms with E-state index in [0.717, 1.165) is 31.3 Å². The minimum atomic E-state index is -0.869. The summed E-state index contributed by atoms with van der Waals surface area (Å²) in [5, 5.41) is 8.64. The van der Waals surface area contributed by atoms with Crippen LogP contribution in [-0.2, 0) is 4.79 Å². The molecule has 122 valence electrons. The number of hydrogen-bond donors (Lipinski definition) is 1. The molecule has 0 aromatic rings. The zero-order valence-corrected chi connectivity index (χ0v) is 14.6. The normalized spacial score (nSPS) is 13.6. The molecule has 0 amide bonds. The molecule has 0 heterocycles. The van der Waals surface area contributed by atoms with Crippen molar-refractivity contribution in [2.24, 2.45) is 0 Å². The molecular formula is C20H30O2. The zero-order chi connectivity index (χ0) is 17.0. The molecule has 0 spiro atoms. The van der Waals surface area contributed by atoms with E-state index in [-0.39, 0.29) is 0 Å². The highest BCUT2D eigenvalue weighted by Gasteiger charge is 1.93. The fourth-order valence-electron chi connectivity index (χ4n) is 1.91. The zero-order valence-electron chi connectivity index (χ0n) is 14.6. The third-order valence-electron chi connectivity index (χ3n) is 3.21. The number of carboxylic acid groups (broad SMARTS) is 1. The molecule has 0 aromatic carbocycles. The van der Waals surface area contributed by atoms with Gasteiger partial charge in [0.25, 0.3) is 0 Å². The number of allylic oxidation sites excluding steroid dienone is 9. The molecule has 0 unspecified atom stereocenters. The average molecular weight is 302 g/mol. The van der Waals surface area contributed by atoms with Gasteiger partial charge in [0.2, 0.25) is 0 Å². The van der Waals surface area contributed by atoms with Crippen molar-refractivity contribution in [2.45, 2.75) is 60.3 Å². The third kappa shape index (κ3) is 13.2. The van der Waals surface area contributed by atoms with Gasteiger partial charge in [-0.25, -0.2) is 4.79 Å². The van der Waals surface area contributed by atoms with E-state index in [0.29, 0.717) is 0 Å². The van der Waals surface area contributed by atoms with Crippen molar-refractivity contribution in [1.29, 1.82) is 0 Å². The molecule has 0 atom stereocenters. The number of hydrogen-bond acceptors (Lipinski definition) is 1. The standard InChI is InChI=1S/C20H30O2/c1-16(2)9-6-10-17(3)11-7-12-18(4)13-8-14-19(5)15-20(21)22/h7,9,11-13,15H,6,8,10,14H2,1-5H3,(H,21,22)/b12-7+,17-11+,18-13+,19-15+. The monoisotopic (exact) mass is 302 g/mol. The second-order valence-corrected chi connectivity index (χ2v) is 6.01. The van der Waals surface area contributed by atoms with Gasteiger partial charge in [-0.15, -0.1) is 0 Å². The van der Waals surface area contributed by atoms with Crippen LogP contribution in [0, 0.1) is 0 Å². The van der Waals surface area contributed by atoms with Gasteiger partial charge in [-0.1, -0.05) is 52.7 Å². The van der Waals surface area contributed by atoms with Crippen LogP contribution >= 0.6 is 0 Å². The number of carbonyl (C=O) groups is 1. The van der Waals surface area contributed by atoms with Crippen molar-refractivity contribution in [1.82, 2.24) is 0 Å². The van der Waals surface area contributed by atoms with Gasteiger partial charge in [0.1, 0.15) is 0 Å². The van der Waals surface area contributed by atoms with Crippen molar-refractivity contribution in [3.05, 3.63) is 58.7 Å². The molecule has 2 nitrogen and oxygen atoms in total. The Labute approximate surface area is 135 Å². The van der Waals surface area contributed by atoms with Gasteiger partial charge in [-0.2, -0.15) is 0 Å². The maximum atomic E-state index is 10.5. The van der Waals surface area contributed by atoms with Crippen LogP contribution in [0.4, 0.5) is 0 Å². The molecule has 0 fully saturated rings. The second-order valence-electron chi connectivity index (χ2n) is 6.01. The summed E-state index contributed by atoms with van der Waals surface area (Å²) in [6.45, 7) is 10.3. The smallest absolute Gasteiger partial charge is 0.328 e. The average Bonchev–Trinajstić information content (AvgIpc) is 2.37. The summed E-state index contributed by atoms with van der Waals surface area (Å²) < 4.78 is 0. The van der Waals surface area contributed by atoms with E-state index in [1.165, 1.54) is 22.8 Å². The summed E-state index contributed by atoms with van der Waals surface area (Å²) >= 11 is 0. The lowest BCUT2D eigenvalue weighted by Crippen LogP contribution is -1.89. The lowest BCUT2D eigenvalue weighted by molar-refractivity contribution is -0.131. The lowest BCUT2D eigenvalue weighted by Gasteiger charge is -1.98. The summed E-state index contributed by atoms with van der Waals surface area (Å²) in [5.41, 5.74) is 4.85. The van der Waals surface area contributed by atoms with Crippen molar-refractivity contribution in [3.63, 3.8) is 0 Å². The number of rotatable bonds is 9. The van der Waals surface area contributed by atoms with Crippen LogP contribution in [0.3, 0.4) is 0 Å². The molecule has 0 aliphatic carbocycles. The third-order valence-corrected chi connectivity index (χ3v) is 3.21. The minimum absolute atomic E-state index is 0.787. The molecule has 0 aliphatic rings. The lowest BCUT2D eigenvalue weighted by atomic mass is 10.1. The van der Waals surface area contributed by atoms with Crippen LogP contribution in [0.5, 0.6) is 0 Å². The van der Waals surface area contributed by atoms with Gasteiger partial charge >= 0.3 is 5.97 Å². The fourth-order valence-corrected chi connectivity index (χ4v) is 1.91. The van der Waals surface area contributed by atoms with Gasteiger partial charge in [-0.3, -0.25) is 0 Å². The van der Waals surface area contributed by atoms with Crippen molar-refractivity contribution in [3.8, 4) is 0 Å². The Hall–Kier alpha value is -1.83. The molecule has 2 heteroatoms. The number of aliphatic carboxylic acids is 1. The van der Waals surface area contributed by atoms with E-state index in [4.69, 9.17) is 5.11 Å². The first-order valence-electron chi connectivity index (χ1n) is 7.85. The Morgan fingerprint density at radius 1 is 0.909 bits per heavy atom. The van der Waals surface area contributed by atoms with Gasteiger partial charge in [0.05, 0.1) is 0 Å². The Balaban J connectivity index is 4.23. The Kier molecular flexibility index (Phi) is 10.8. The van der Waals surface area contributed by atoms with E-state index in [1.807, 2.05) is 6.92 Å². The Morgan fingerprint density at radius 2 is 1.50 bits per heavy atom.